The van der Waals surface area contributed by atoms with Crippen LogP contribution in [-0.2, 0) is 16.3 Å². The van der Waals surface area contributed by atoms with Gasteiger partial charge in [0.05, 0.1) is 11.5 Å². The summed E-state index contributed by atoms with van der Waals surface area (Å²) in [7, 11) is -2.93. The Labute approximate surface area is 126 Å². The van der Waals surface area contributed by atoms with Crippen molar-refractivity contribution in [2.75, 3.05) is 18.1 Å². The molecule has 0 radical (unpaired) electrons. The minimum absolute atomic E-state index is 0.0701. The van der Waals surface area contributed by atoms with Crippen molar-refractivity contribution in [3.8, 4) is 0 Å². The second-order valence-corrected chi connectivity index (χ2v) is 8.76. The summed E-state index contributed by atoms with van der Waals surface area (Å²) < 4.78 is 28.5. The molecular formula is C13H15N3O3S2. The summed E-state index contributed by atoms with van der Waals surface area (Å²) >= 11 is 1.75. The molecule has 2 aromatic rings. The first-order valence-electron chi connectivity index (χ1n) is 6.96. The van der Waals surface area contributed by atoms with Crippen molar-refractivity contribution in [1.29, 1.82) is 0 Å². The highest BCUT2D eigenvalue weighted by atomic mass is 32.2. The van der Waals surface area contributed by atoms with Crippen molar-refractivity contribution in [2.45, 2.75) is 24.8 Å². The Bertz CT molecular complexity index is 765. The molecule has 2 aliphatic rings. The van der Waals surface area contributed by atoms with Gasteiger partial charge in [-0.25, -0.2) is 8.42 Å². The van der Waals surface area contributed by atoms with Gasteiger partial charge in [-0.05, 0) is 29.9 Å². The maximum atomic E-state index is 11.6. The molecule has 8 heteroatoms. The summed E-state index contributed by atoms with van der Waals surface area (Å²) in [6.07, 6.45) is 1.61. The maximum Gasteiger partial charge on any atom is 0.248 e. The van der Waals surface area contributed by atoms with E-state index in [1.807, 2.05) is 0 Å². The Morgan fingerprint density at radius 2 is 2.33 bits per heavy atom. The molecule has 21 heavy (non-hydrogen) atoms. The molecule has 2 aliphatic heterocycles. The molecule has 0 aromatic carbocycles. The number of aromatic nitrogens is 2. The molecular weight excluding hydrogens is 310 g/mol. The Hall–Kier alpha value is -1.25. The van der Waals surface area contributed by atoms with Gasteiger partial charge in [-0.3, -0.25) is 0 Å². The number of thiophene rings is 1. The lowest BCUT2D eigenvalue weighted by Gasteiger charge is -2.20. The van der Waals surface area contributed by atoms with Gasteiger partial charge in [-0.2, -0.15) is 4.98 Å². The highest BCUT2D eigenvalue weighted by molar-refractivity contribution is 7.91. The van der Waals surface area contributed by atoms with Crippen LogP contribution in [0.25, 0.3) is 0 Å². The quantitative estimate of drug-likeness (QED) is 0.895. The summed E-state index contributed by atoms with van der Waals surface area (Å²) in [5, 5.41) is 9.47. The lowest BCUT2D eigenvalue weighted by molar-refractivity contribution is 0.339. The molecule has 1 N–H and O–H groups in total. The van der Waals surface area contributed by atoms with Crippen LogP contribution in [0.5, 0.6) is 0 Å². The van der Waals surface area contributed by atoms with Crippen molar-refractivity contribution >= 4 is 21.2 Å². The van der Waals surface area contributed by atoms with E-state index in [1.54, 1.807) is 11.3 Å². The van der Waals surface area contributed by atoms with Crippen molar-refractivity contribution < 1.29 is 12.9 Å². The predicted octanol–water partition coefficient (Wildman–Crippen LogP) is 1.27. The summed E-state index contributed by atoms with van der Waals surface area (Å²) in [5.74, 6) is 1.29. The van der Waals surface area contributed by atoms with Crippen LogP contribution in [0.15, 0.2) is 16.0 Å². The normalized spacial score (nSPS) is 27.6. The van der Waals surface area contributed by atoms with Crippen LogP contribution in [0.2, 0.25) is 0 Å². The van der Waals surface area contributed by atoms with Crippen LogP contribution in [0.3, 0.4) is 0 Å². The van der Waals surface area contributed by atoms with Crippen LogP contribution in [0.1, 0.15) is 40.5 Å². The van der Waals surface area contributed by atoms with Gasteiger partial charge in [0, 0.05) is 17.3 Å². The van der Waals surface area contributed by atoms with E-state index < -0.39 is 9.84 Å². The van der Waals surface area contributed by atoms with E-state index in [0.29, 0.717) is 18.1 Å². The van der Waals surface area contributed by atoms with E-state index in [-0.39, 0.29) is 23.5 Å². The molecule has 112 valence electrons. The van der Waals surface area contributed by atoms with E-state index >= 15 is 0 Å². The van der Waals surface area contributed by atoms with E-state index in [0.717, 1.165) is 13.0 Å². The molecule has 1 fully saturated rings. The average Bonchev–Trinajstić information content (AvgIpc) is 3.15. The molecule has 2 aromatic heterocycles. The van der Waals surface area contributed by atoms with Crippen LogP contribution in [-0.4, -0.2) is 36.6 Å². The van der Waals surface area contributed by atoms with Gasteiger partial charge >= 0.3 is 0 Å². The molecule has 6 nitrogen and oxygen atoms in total. The molecule has 0 amide bonds. The van der Waals surface area contributed by atoms with E-state index in [1.165, 1.54) is 10.4 Å². The fraction of sp³-hybridized carbons (Fsp3) is 0.538. The third-order valence-corrected chi connectivity index (χ3v) is 6.86. The zero-order chi connectivity index (χ0) is 14.4. The van der Waals surface area contributed by atoms with Crippen LogP contribution < -0.4 is 5.32 Å². The number of nitrogens with one attached hydrogen (secondary N) is 1. The Morgan fingerprint density at radius 3 is 3.14 bits per heavy atom. The molecule has 4 rings (SSSR count). The van der Waals surface area contributed by atoms with Crippen molar-refractivity contribution in [1.82, 2.24) is 15.5 Å². The standard InChI is InChI=1S/C13H15N3O3S2/c17-21(18)6-3-8(7-21)12-15-13(19-16-12)11-9-2-5-20-10(9)1-4-14-11/h2,5,8,11,14H,1,3-4,6-7H2. The topological polar surface area (TPSA) is 85.1 Å². The zero-order valence-electron chi connectivity index (χ0n) is 11.3. The Morgan fingerprint density at radius 1 is 1.43 bits per heavy atom. The van der Waals surface area contributed by atoms with Gasteiger partial charge < -0.3 is 9.84 Å². The van der Waals surface area contributed by atoms with Gasteiger partial charge in [0.1, 0.15) is 6.04 Å². The van der Waals surface area contributed by atoms with Crippen molar-refractivity contribution in [3.05, 3.63) is 33.6 Å². The molecule has 0 spiro atoms. The molecule has 4 heterocycles. The molecule has 1 saturated heterocycles. The number of rotatable bonds is 2. The number of fused-ring (bicyclic) bond motifs is 1. The monoisotopic (exact) mass is 325 g/mol. The summed E-state index contributed by atoms with van der Waals surface area (Å²) in [6, 6.07) is 2.01. The highest BCUT2D eigenvalue weighted by Gasteiger charge is 2.34. The third-order valence-electron chi connectivity index (χ3n) is 4.09. The second-order valence-electron chi connectivity index (χ2n) is 5.53. The van der Waals surface area contributed by atoms with Crippen LogP contribution >= 0.6 is 11.3 Å². The smallest absolute Gasteiger partial charge is 0.248 e. The van der Waals surface area contributed by atoms with Gasteiger partial charge in [0.25, 0.3) is 0 Å². The lowest BCUT2D eigenvalue weighted by atomic mass is 10.0. The van der Waals surface area contributed by atoms with Gasteiger partial charge in [-0.1, -0.05) is 5.16 Å². The number of sulfone groups is 1. The van der Waals surface area contributed by atoms with Crippen molar-refractivity contribution in [3.63, 3.8) is 0 Å². The first-order valence-corrected chi connectivity index (χ1v) is 9.66. The summed E-state index contributed by atoms with van der Waals surface area (Å²) in [4.78, 5) is 5.81. The van der Waals surface area contributed by atoms with E-state index in [4.69, 9.17) is 4.52 Å². The molecule has 2 atom stereocenters. The fourth-order valence-corrected chi connectivity index (χ4v) is 5.66. The number of hydrogen-bond donors (Lipinski definition) is 1. The largest absolute Gasteiger partial charge is 0.337 e. The SMILES string of the molecule is O=S1(=O)CCC(c2noc(C3NCCc4sccc43)n2)C1. The van der Waals surface area contributed by atoms with Gasteiger partial charge in [0.2, 0.25) is 5.89 Å². The molecule has 0 bridgehead atoms. The molecule has 0 aliphatic carbocycles. The summed E-state index contributed by atoms with van der Waals surface area (Å²) in [5.41, 5.74) is 1.19. The van der Waals surface area contributed by atoms with Crippen LogP contribution in [0.4, 0.5) is 0 Å². The summed E-state index contributed by atoms with van der Waals surface area (Å²) in [6.45, 7) is 0.883. The van der Waals surface area contributed by atoms with Crippen LogP contribution in [0, 0.1) is 0 Å². The first kappa shape index (κ1) is 13.4. The van der Waals surface area contributed by atoms with Gasteiger partial charge in [0.15, 0.2) is 15.7 Å². The second kappa shape index (κ2) is 4.89. The first-order chi connectivity index (χ1) is 10.1. The highest BCUT2D eigenvalue weighted by Crippen LogP contribution is 2.33. The van der Waals surface area contributed by atoms with E-state index in [9.17, 15) is 8.42 Å². The number of hydrogen-bond acceptors (Lipinski definition) is 7. The molecule has 2 unspecified atom stereocenters. The van der Waals surface area contributed by atoms with Crippen molar-refractivity contribution in [2.24, 2.45) is 0 Å². The van der Waals surface area contributed by atoms with Gasteiger partial charge in [-0.15, -0.1) is 11.3 Å². The molecule has 0 saturated carbocycles. The predicted molar refractivity (Wildman–Crippen MR) is 78.2 cm³/mol. The lowest BCUT2D eigenvalue weighted by Crippen LogP contribution is -2.29. The average molecular weight is 325 g/mol. The fourth-order valence-electron chi connectivity index (χ4n) is 3.00. The van der Waals surface area contributed by atoms with E-state index in [2.05, 4.69) is 26.9 Å². The minimum atomic E-state index is -2.93. The Kier molecular flexibility index (Phi) is 3.13. The zero-order valence-corrected chi connectivity index (χ0v) is 12.9. The minimum Gasteiger partial charge on any atom is -0.337 e. The Balaban J connectivity index is 1.62. The number of nitrogens with zero attached hydrogens (tertiary/aromatic N) is 2. The third kappa shape index (κ3) is 2.41. The maximum absolute atomic E-state index is 11.6.